The van der Waals surface area contributed by atoms with E-state index in [2.05, 4.69) is 11.8 Å². The van der Waals surface area contributed by atoms with Crippen molar-refractivity contribution in [2.75, 3.05) is 40.5 Å². The Hall–Kier alpha value is -2.67. The first-order valence-corrected chi connectivity index (χ1v) is 10.2. The fourth-order valence-electron chi connectivity index (χ4n) is 3.38. The normalized spacial score (nSPS) is 14.4. The summed E-state index contributed by atoms with van der Waals surface area (Å²) in [7, 11) is 3.30. The van der Waals surface area contributed by atoms with Crippen molar-refractivity contribution in [2.24, 2.45) is 0 Å². The first-order chi connectivity index (χ1) is 14.6. The molecule has 0 fully saturated rings. The first kappa shape index (κ1) is 22.0. The SMILES string of the molecule is CCc1ccc(/C=C2/Oc3c(ccc(O)c3CN(CCOC)CCOC)C2=O)cc1. The lowest BCUT2D eigenvalue weighted by atomic mass is 10.0. The van der Waals surface area contributed by atoms with Gasteiger partial charge in [-0.3, -0.25) is 9.69 Å². The van der Waals surface area contributed by atoms with Crippen LogP contribution in [0.1, 0.15) is 34.0 Å². The molecule has 1 N–H and O–H groups in total. The maximum atomic E-state index is 12.9. The first-order valence-electron chi connectivity index (χ1n) is 10.2. The number of benzene rings is 2. The Balaban J connectivity index is 1.86. The Bertz CT molecular complexity index is 897. The number of rotatable bonds is 10. The minimum absolute atomic E-state index is 0.106. The number of nitrogens with zero attached hydrogens (tertiary/aromatic N) is 1. The predicted octanol–water partition coefficient (Wildman–Crippen LogP) is 3.67. The standard InChI is InChI=1S/C24H29NO5/c1-4-17-5-7-18(8-6-17)15-22-23(27)19-9-10-21(26)20(24(19)30-22)16-25(11-13-28-2)12-14-29-3/h5-10,15,26H,4,11-14,16H2,1-3H3/b22-15+. The maximum Gasteiger partial charge on any atom is 0.231 e. The molecule has 0 aliphatic carbocycles. The van der Waals surface area contributed by atoms with E-state index >= 15 is 0 Å². The van der Waals surface area contributed by atoms with Gasteiger partial charge in [-0.05, 0) is 35.8 Å². The molecule has 0 radical (unpaired) electrons. The average Bonchev–Trinajstić information content (AvgIpc) is 3.07. The molecular formula is C24H29NO5. The summed E-state index contributed by atoms with van der Waals surface area (Å²) in [5.41, 5.74) is 3.20. The van der Waals surface area contributed by atoms with Crippen LogP contribution in [0.15, 0.2) is 42.2 Å². The van der Waals surface area contributed by atoms with Gasteiger partial charge in [-0.1, -0.05) is 31.2 Å². The lowest BCUT2D eigenvalue weighted by Gasteiger charge is -2.23. The molecule has 0 aromatic heterocycles. The van der Waals surface area contributed by atoms with Crippen molar-refractivity contribution in [2.45, 2.75) is 19.9 Å². The molecule has 2 aromatic carbocycles. The second-order valence-electron chi connectivity index (χ2n) is 7.24. The highest BCUT2D eigenvalue weighted by atomic mass is 16.5. The van der Waals surface area contributed by atoms with E-state index in [1.54, 1.807) is 32.4 Å². The van der Waals surface area contributed by atoms with Crippen LogP contribution >= 0.6 is 0 Å². The molecule has 3 rings (SSSR count). The molecule has 6 nitrogen and oxygen atoms in total. The molecular weight excluding hydrogens is 382 g/mol. The molecule has 1 aliphatic heterocycles. The molecule has 1 heterocycles. The van der Waals surface area contributed by atoms with E-state index in [1.165, 1.54) is 5.56 Å². The van der Waals surface area contributed by atoms with Crippen LogP contribution in [0.5, 0.6) is 11.5 Å². The van der Waals surface area contributed by atoms with Crippen molar-refractivity contribution >= 4 is 11.9 Å². The molecule has 0 atom stereocenters. The van der Waals surface area contributed by atoms with Crippen molar-refractivity contribution in [3.63, 3.8) is 0 Å². The lowest BCUT2D eigenvalue weighted by Crippen LogP contribution is -2.30. The number of phenols is 1. The van der Waals surface area contributed by atoms with Crippen LogP contribution in [-0.4, -0.2) is 56.3 Å². The fourth-order valence-corrected chi connectivity index (χ4v) is 3.38. The highest BCUT2D eigenvalue weighted by Gasteiger charge is 2.31. The number of fused-ring (bicyclic) bond motifs is 1. The molecule has 0 saturated heterocycles. The summed E-state index contributed by atoms with van der Waals surface area (Å²) in [4.78, 5) is 15.0. The van der Waals surface area contributed by atoms with Gasteiger partial charge in [0.15, 0.2) is 5.76 Å². The molecule has 0 spiro atoms. The van der Waals surface area contributed by atoms with Crippen LogP contribution in [0.4, 0.5) is 0 Å². The van der Waals surface area contributed by atoms with Gasteiger partial charge in [-0.2, -0.15) is 0 Å². The van der Waals surface area contributed by atoms with Crippen LogP contribution in [0.2, 0.25) is 0 Å². The van der Waals surface area contributed by atoms with Crippen LogP contribution < -0.4 is 4.74 Å². The van der Waals surface area contributed by atoms with Crippen molar-refractivity contribution in [3.8, 4) is 11.5 Å². The fraction of sp³-hybridized carbons (Fsp3) is 0.375. The smallest absolute Gasteiger partial charge is 0.231 e. The lowest BCUT2D eigenvalue weighted by molar-refractivity contribution is 0.101. The number of phenolic OH excluding ortho intramolecular Hbond substituents is 1. The Morgan fingerprint density at radius 3 is 2.30 bits per heavy atom. The third kappa shape index (κ3) is 5.08. The summed E-state index contributed by atoms with van der Waals surface area (Å²) in [6.07, 6.45) is 2.71. The third-order valence-electron chi connectivity index (χ3n) is 5.21. The van der Waals surface area contributed by atoms with Gasteiger partial charge in [0.2, 0.25) is 5.78 Å². The molecule has 0 unspecified atom stereocenters. The highest BCUT2D eigenvalue weighted by molar-refractivity contribution is 6.15. The minimum Gasteiger partial charge on any atom is -0.507 e. The number of carbonyl (C=O) groups is 1. The van der Waals surface area contributed by atoms with Crippen molar-refractivity contribution in [3.05, 3.63) is 64.4 Å². The van der Waals surface area contributed by atoms with E-state index in [4.69, 9.17) is 14.2 Å². The summed E-state index contributed by atoms with van der Waals surface area (Å²) >= 11 is 0. The molecule has 6 heteroatoms. The number of allylic oxidation sites excluding steroid dienone is 1. The molecule has 160 valence electrons. The quantitative estimate of drug-likeness (QED) is 0.602. The molecule has 0 saturated carbocycles. The topological polar surface area (TPSA) is 68.2 Å². The Morgan fingerprint density at radius 1 is 1.03 bits per heavy atom. The van der Waals surface area contributed by atoms with Gasteiger partial charge in [-0.25, -0.2) is 0 Å². The molecule has 2 aromatic rings. The molecule has 30 heavy (non-hydrogen) atoms. The summed E-state index contributed by atoms with van der Waals surface area (Å²) < 4.78 is 16.3. The summed E-state index contributed by atoms with van der Waals surface area (Å²) in [6.45, 7) is 4.97. The maximum absolute atomic E-state index is 12.9. The Labute approximate surface area is 177 Å². The zero-order valence-corrected chi connectivity index (χ0v) is 17.8. The number of ether oxygens (including phenoxy) is 3. The van der Waals surface area contributed by atoms with Crippen LogP contribution in [0.3, 0.4) is 0 Å². The zero-order valence-electron chi connectivity index (χ0n) is 17.8. The van der Waals surface area contributed by atoms with E-state index < -0.39 is 0 Å². The Morgan fingerprint density at radius 2 is 1.70 bits per heavy atom. The summed E-state index contributed by atoms with van der Waals surface area (Å²) in [5.74, 6) is 0.624. The largest absolute Gasteiger partial charge is 0.507 e. The number of methoxy groups -OCH3 is 2. The highest BCUT2D eigenvalue weighted by Crippen LogP contribution is 2.40. The van der Waals surface area contributed by atoms with E-state index in [0.717, 1.165) is 12.0 Å². The van der Waals surface area contributed by atoms with Gasteiger partial charge >= 0.3 is 0 Å². The Kier molecular flexibility index (Phi) is 7.63. The summed E-state index contributed by atoms with van der Waals surface area (Å²) in [5, 5.41) is 10.5. The van der Waals surface area contributed by atoms with Gasteiger partial charge in [0, 0.05) is 33.9 Å². The monoisotopic (exact) mass is 411 g/mol. The number of hydrogen-bond donors (Lipinski definition) is 1. The van der Waals surface area contributed by atoms with Gasteiger partial charge in [-0.15, -0.1) is 0 Å². The average molecular weight is 411 g/mol. The minimum atomic E-state index is -0.175. The number of aromatic hydroxyl groups is 1. The number of aryl methyl sites for hydroxylation is 1. The number of ketones is 1. The predicted molar refractivity (Wildman–Crippen MR) is 116 cm³/mol. The van der Waals surface area contributed by atoms with E-state index in [-0.39, 0.29) is 17.3 Å². The van der Waals surface area contributed by atoms with E-state index in [1.807, 2.05) is 24.3 Å². The van der Waals surface area contributed by atoms with Crippen molar-refractivity contribution < 1.29 is 24.1 Å². The zero-order chi connectivity index (χ0) is 21.5. The number of hydrogen-bond acceptors (Lipinski definition) is 6. The van der Waals surface area contributed by atoms with Crippen molar-refractivity contribution in [1.29, 1.82) is 0 Å². The van der Waals surface area contributed by atoms with Gasteiger partial charge in [0.1, 0.15) is 11.5 Å². The molecule has 1 aliphatic rings. The molecule has 0 bridgehead atoms. The van der Waals surface area contributed by atoms with E-state index in [0.29, 0.717) is 49.7 Å². The second-order valence-corrected chi connectivity index (χ2v) is 7.24. The second kappa shape index (κ2) is 10.4. The number of Topliss-reactive ketones (excluding diaryl/α,β-unsaturated/α-hetero) is 1. The van der Waals surface area contributed by atoms with Gasteiger partial charge in [0.05, 0.1) is 24.3 Å². The summed E-state index contributed by atoms with van der Waals surface area (Å²) in [6, 6.07) is 11.2. The van der Waals surface area contributed by atoms with Crippen LogP contribution in [-0.2, 0) is 22.4 Å². The van der Waals surface area contributed by atoms with Crippen molar-refractivity contribution in [1.82, 2.24) is 4.90 Å². The van der Waals surface area contributed by atoms with Crippen LogP contribution in [0, 0.1) is 0 Å². The number of carbonyl (C=O) groups excluding carboxylic acids is 1. The van der Waals surface area contributed by atoms with E-state index in [9.17, 15) is 9.90 Å². The van der Waals surface area contributed by atoms with Crippen LogP contribution in [0.25, 0.3) is 6.08 Å². The van der Waals surface area contributed by atoms with Gasteiger partial charge in [0.25, 0.3) is 0 Å². The van der Waals surface area contributed by atoms with Gasteiger partial charge < -0.3 is 19.3 Å². The molecule has 0 amide bonds. The third-order valence-corrected chi connectivity index (χ3v) is 5.21.